The fourth-order valence-electron chi connectivity index (χ4n) is 4.50. The van der Waals surface area contributed by atoms with Gasteiger partial charge < -0.3 is 11.1 Å². The van der Waals surface area contributed by atoms with Crippen LogP contribution in [0.25, 0.3) is 27.8 Å². The van der Waals surface area contributed by atoms with E-state index in [1.165, 1.54) is 23.5 Å². The molecule has 3 N–H and O–H groups in total. The topological polar surface area (TPSA) is 72.4 Å². The number of amides is 1. The maximum Gasteiger partial charge on any atom is 0.269 e. The van der Waals surface area contributed by atoms with Crippen LogP contribution in [0.3, 0.4) is 0 Å². The van der Waals surface area contributed by atoms with Crippen molar-refractivity contribution in [3.63, 3.8) is 0 Å². The number of nitrogens with one attached hydrogen (secondary N) is 1. The Bertz CT molecular complexity index is 1360. The summed E-state index contributed by atoms with van der Waals surface area (Å²) in [7, 11) is 0. The number of carbonyl (C=O) groups is 1. The first-order valence-corrected chi connectivity index (χ1v) is 11.8. The summed E-state index contributed by atoms with van der Waals surface area (Å²) in [6, 6.07) is 9.63. The van der Waals surface area contributed by atoms with Crippen LogP contribution >= 0.6 is 11.3 Å². The normalized spacial score (nSPS) is 19.9. The number of aromatic nitrogens is 2. The number of hydrogen-bond donors (Lipinski definition) is 2. The molecule has 0 saturated heterocycles. The van der Waals surface area contributed by atoms with Gasteiger partial charge in [-0.1, -0.05) is 18.2 Å². The minimum Gasteiger partial charge on any atom is -0.341 e. The number of pyridine rings is 1. The third-order valence-corrected chi connectivity index (χ3v) is 7.39. The molecule has 2 atom stereocenters. The highest BCUT2D eigenvalue weighted by Gasteiger charge is 2.46. The first-order chi connectivity index (χ1) is 16.2. The van der Waals surface area contributed by atoms with Crippen LogP contribution in [0, 0.1) is 12.7 Å². The van der Waals surface area contributed by atoms with Gasteiger partial charge in [-0.05, 0) is 55.2 Å². The summed E-state index contributed by atoms with van der Waals surface area (Å²) in [5.74, 6) is -3.86. The predicted octanol–water partition coefficient (Wildman–Crippen LogP) is 5.42. The van der Waals surface area contributed by atoms with E-state index in [1.807, 2.05) is 25.3 Å². The van der Waals surface area contributed by atoms with Crippen LogP contribution in [-0.4, -0.2) is 33.5 Å². The lowest BCUT2D eigenvalue weighted by Crippen LogP contribution is -2.59. The fourth-order valence-corrected chi connectivity index (χ4v) is 5.44. The summed E-state index contributed by atoms with van der Waals surface area (Å²) in [5, 5.41) is 6.92. The Balaban J connectivity index is 1.42. The van der Waals surface area contributed by atoms with Crippen LogP contribution < -0.4 is 11.1 Å². The van der Waals surface area contributed by atoms with Crippen LogP contribution in [0.2, 0.25) is 0 Å². The number of thiophene rings is 1. The number of hydrogen-bond acceptors (Lipinski definition) is 4. The van der Waals surface area contributed by atoms with E-state index in [0.29, 0.717) is 17.7 Å². The summed E-state index contributed by atoms with van der Waals surface area (Å²) < 4.78 is 43.6. The largest absolute Gasteiger partial charge is 0.341 e. The molecule has 1 fully saturated rings. The van der Waals surface area contributed by atoms with Crippen molar-refractivity contribution in [2.24, 2.45) is 5.73 Å². The average Bonchev–Trinajstić information content (AvgIpc) is 3.39. The number of rotatable bonds is 4. The first kappa shape index (κ1) is 22.6. The molecule has 9 heteroatoms. The van der Waals surface area contributed by atoms with Gasteiger partial charge in [0.2, 0.25) is 0 Å². The SMILES string of the molecule is Cc1sc(C(=O)N[C@@H]2[C@H](N)CCCC2(F)F)cc1-c1cnn2cc(-c3ccc(F)cc3)ccc12. The first-order valence-electron chi connectivity index (χ1n) is 11.0. The molecule has 5 rings (SSSR count). The van der Waals surface area contributed by atoms with Crippen molar-refractivity contribution in [3.05, 3.63) is 70.4 Å². The number of benzene rings is 1. The molecule has 0 radical (unpaired) electrons. The molecule has 1 amide bonds. The number of aryl methyl sites for hydroxylation is 1. The smallest absolute Gasteiger partial charge is 0.269 e. The monoisotopic (exact) mass is 484 g/mol. The molecule has 0 spiro atoms. The molecule has 4 aromatic rings. The Morgan fingerprint density at radius 2 is 1.91 bits per heavy atom. The number of nitrogens with two attached hydrogens (primary N) is 1. The number of alkyl halides is 2. The molecule has 3 aromatic heterocycles. The standard InChI is InChI=1S/C25H23F3N4OS/c1-14-18(11-22(34-14)24(33)31-23-20(29)3-2-10-25(23,27)28)19-12-30-32-13-16(6-9-21(19)32)15-4-7-17(26)8-5-15/h4-9,11-13,20,23H,2-3,10,29H2,1H3,(H,31,33)/t20-,23-/m1/s1. The second-order valence-electron chi connectivity index (χ2n) is 8.66. The molecule has 0 bridgehead atoms. The Morgan fingerprint density at radius 1 is 1.18 bits per heavy atom. The van der Waals surface area contributed by atoms with Crippen molar-refractivity contribution < 1.29 is 18.0 Å². The van der Waals surface area contributed by atoms with Gasteiger partial charge >= 0.3 is 0 Å². The van der Waals surface area contributed by atoms with Gasteiger partial charge in [-0.15, -0.1) is 11.3 Å². The lowest BCUT2D eigenvalue weighted by molar-refractivity contribution is -0.0674. The summed E-state index contributed by atoms with van der Waals surface area (Å²) in [4.78, 5) is 14.1. The number of nitrogens with zero attached hydrogens (tertiary/aromatic N) is 2. The molecule has 0 unspecified atom stereocenters. The molecule has 0 aliphatic heterocycles. The molecular weight excluding hydrogens is 461 g/mol. The van der Waals surface area contributed by atoms with Gasteiger partial charge in [0, 0.05) is 34.7 Å². The lowest BCUT2D eigenvalue weighted by atomic mass is 9.87. The zero-order valence-corrected chi connectivity index (χ0v) is 19.2. The second-order valence-corrected chi connectivity index (χ2v) is 9.92. The zero-order chi connectivity index (χ0) is 24.0. The minimum atomic E-state index is -3.02. The zero-order valence-electron chi connectivity index (χ0n) is 18.4. The molecule has 176 valence electrons. The van der Waals surface area contributed by atoms with E-state index in [-0.39, 0.29) is 12.2 Å². The Hall–Kier alpha value is -3.17. The molecular formula is C25H23F3N4OS. The summed E-state index contributed by atoms with van der Waals surface area (Å²) in [6.45, 7) is 1.88. The van der Waals surface area contributed by atoms with Crippen LogP contribution in [0.4, 0.5) is 13.2 Å². The Labute approximate surface area is 198 Å². The average molecular weight is 485 g/mol. The highest BCUT2D eigenvalue weighted by atomic mass is 32.1. The number of fused-ring (bicyclic) bond motifs is 1. The van der Waals surface area contributed by atoms with E-state index in [1.54, 1.807) is 28.9 Å². The van der Waals surface area contributed by atoms with Crippen molar-refractivity contribution in [2.45, 2.75) is 44.2 Å². The van der Waals surface area contributed by atoms with E-state index in [9.17, 15) is 18.0 Å². The van der Waals surface area contributed by atoms with Gasteiger partial charge in [0.25, 0.3) is 11.8 Å². The molecule has 1 saturated carbocycles. The van der Waals surface area contributed by atoms with Crippen LogP contribution in [0.1, 0.15) is 33.8 Å². The van der Waals surface area contributed by atoms with Crippen molar-refractivity contribution >= 4 is 22.8 Å². The molecule has 34 heavy (non-hydrogen) atoms. The molecule has 1 aliphatic carbocycles. The molecule has 1 aromatic carbocycles. The summed E-state index contributed by atoms with van der Waals surface area (Å²) in [5.41, 5.74) is 10.1. The summed E-state index contributed by atoms with van der Waals surface area (Å²) >= 11 is 1.25. The van der Waals surface area contributed by atoms with E-state index in [4.69, 9.17) is 5.73 Å². The quantitative estimate of drug-likeness (QED) is 0.406. The molecule has 5 nitrogen and oxygen atoms in total. The number of halogens is 3. The van der Waals surface area contributed by atoms with Crippen LogP contribution in [0.5, 0.6) is 0 Å². The van der Waals surface area contributed by atoms with Crippen molar-refractivity contribution in [3.8, 4) is 22.3 Å². The van der Waals surface area contributed by atoms with Crippen molar-refractivity contribution in [1.29, 1.82) is 0 Å². The predicted molar refractivity (Wildman–Crippen MR) is 127 cm³/mol. The molecule has 3 heterocycles. The second kappa shape index (κ2) is 8.56. The van der Waals surface area contributed by atoms with Gasteiger partial charge in [-0.3, -0.25) is 4.79 Å². The van der Waals surface area contributed by atoms with E-state index in [2.05, 4.69) is 10.4 Å². The summed E-state index contributed by atoms with van der Waals surface area (Å²) in [6.07, 6.45) is 4.10. The maximum absolute atomic E-state index is 14.3. The molecule has 1 aliphatic rings. The van der Waals surface area contributed by atoms with Gasteiger partial charge in [-0.2, -0.15) is 5.10 Å². The Kier molecular flexibility index (Phi) is 5.69. The number of carbonyl (C=O) groups excluding carboxylic acids is 1. The van der Waals surface area contributed by atoms with Gasteiger partial charge in [0.1, 0.15) is 11.9 Å². The van der Waals surface area contributed by atoms with Gasteiger partial charge in [0.05, 0.1) is 16.6 Å². The van der Waals surface area contributed by atoms with Gasteiger partial charge in [-0.25, -0.2) is 17.7 Å². The minimum absolute atomic E-state index is 0.275. The van der Waals surface area contributed by atoms with Crippen molar-refractivity contribution in [2.75, 3.05) is 0 Å². The van der Waals surface area contributed by atoms with E-state index < -0.39 is 23.9 Å². The third kappa shape index (κ3) is 4.10. The van der Waals surface area contributed by atoms with E-state index >= 15 is 0 Å². The third-order valence-electron chi connectivity index (χ3n) is 6.34. The highest BCUT2D eigenvalue weighted by molar-refractivity contribution is 7.14. The Morgan fingerprint density at radius 3 is 2.65 bits per heavy atom. The van der Waals surface area contributed by atoms with Crippen LogP contribution in [0.15, 0.2) is 54.9 Å². The lowest BCUT2D eigenvalue weighted by Gasteiger charge is -2.36. The highest BCUT2D eigenvalue weighted by Crippen LogP contribution is 2.36. The van der Waals surface area contributed by atoms with Crippen LogP contribution in [-0.2, 0) is 0 Å². The van der Waals surface area contributed by atoms with E-state index in [0.717, 1.165) is 32.6 Å². The fraction of sp³-hybridized carbons (Fsp3) is 0.280. The maximum atomic E-state index is 14.3. The van der Waals surface area contributed by atoms with Gasteiger partial charge in [0.15, 0.2) is 0 Å². The van der Waals surface area contributed by atoms with Crippen molar-refractivity contribution in [1.82, 2.24) is 14.9 Å².